The third kappa shape index (κ3) is 3.92. The van der Waals surface area contributed by atoms with Gasteiger partial charge in [0.15, 0.2) is 0 Å². The molecule has 1 N–H and O–H groups in total. The predicted octanol–water partition coefficient (Wildman–Crippen LogP) is 3.67. The highest BCUT2D eigenvalue weighted by Gasteiger charge is 2.06. The Labute approximate surface area is 120 Å². The predicted molar refractivity (Wildman–Crippen MR) is 81.5 cm³/mol. The molecule has 0 atom stereocenters. The van der Waals surface area contributed by atoms with Crippen LogP contribution in [0.1, 0.15) is 36.5 Å². The maximum Gasteiger partial charge on any atom is 0.252 e. The number of unbranched alkanes of at least 4 members (excludes halogenated alkanes) is 2. The van der Waals surface area contributed by atoms with E-state index < -0.39 is 0 Å². The molecule has 0 radical (unpaired) electrons. The van der Waals surface area contributed by atoms with E-state index in [1.54, 1.807) is 6.20 Å². The Bertz CT molecular complexity index is 535. The van der Waals surface area contributed by atoms with Crippen LogP contribution >= 0.6 is 0 Å². The molecule has 1 heterocycles. The molecule has 0 saturated carbocycles. The molecular formula is C17H20N2O. The van der Waals surface area contributed by atoms with E-state index >= 15 is 0 Å². The summed E-state index contributed by atoms with van der Waals surface area (Å²) < 4.78 is 0. The van der Waals surface area contributed by atoms with Gasteiger partial charge in [0.1, 0.15) is 0 Å². The van der Waals surface area contributed by atoms with Crippen molar-refractivity contribution < 1.29 is 4.79 Å². The van der Waals surface area contributed by atoms with E-state index in [1.807, 2.05) is 42.5 Å². The summed E-state index contributed by atoms with van der Waals surface area (Å²) in [6.07, 6.45) is 4.96. The van der Waals surface area contributed by atoms with E-state index in [0.29, 0.717) is 5.56 Å². The molecule has 2 aromatic rings. The number of nitrogens with one attached hydrogen (secondary N) is 1. The lowest BCUT2D eigenvalue weighted by atomic mass is 10.1. The van der Waals surface area contributed by atoms with Gasteiger partial charge >= 0.3 is 0 Å². The molecule has 1 amide bonds. The van der Waals surface area contributed by atoms with Gasteiger partial charge < -0.3 is 5.32 Å². The Morgan fingerprint density at radius 2 is 1.90 bits per heavy atom. The van der Waals surface area contributed by atoms with Crippen LogP contribution in [0, 0.1) is 0 Å². The van der Waals surface area contributed by atoms with Gasteiger partial charge in [-0.25, -0.2) is 0 Å². The number of nitrogens with zero attached hydrogens (tertiary/aromatic N) is 1. The molecule has 0 saturated heterocycles. The molecule has 20 heavy (non-hydrogen) atoms. The first-order chi connectivity index (χ1) is 9.81. The molecule has 0 unspecified atom stereocenters. The van der Waals surface area contributed by atoms with E-state index in [9.17, 15) is 4.79 Å². The summed E-state index contributed by atoms with van der Waals surface area (Å²) in [6, 6.07) is 13.7. The lowest BCUT2D eigenvalue weighted by molar-refractivity contribution is 0.0952. The van der Waals surface area contributed by atoms with Crippen LogP contribution in [0.25, 0.3) is 11.3 Å². The zero-order chi connectivity index (χ0) is 14.2. The minimum atomic E-state index is -0.0479. The Morgan fingerprint density at radius 3 is 2.55 bits per heavy atom. The molecular weight excluding hydrogens is 248 g/mol. The number of hydrogen-bond donors (Lipinski definition) is 1. The summed E-state index contributed by atoms with van der Waals surface area (Å²) in [6.45, 7) is 2.88. The first-order valence-corrected chi connectivity index (χ1v) is 7.11. The molecule has 0 aliphatic heterocycles. The quantitative estimate of drug-likeness (QED) is 0.812. The fourth-order valence-electron chi connectivity index (χ4n) is 1.99. The Balaban J connectivity index is 1.96. The fourth-order valence-corrected chi connectivity index (χ4v) is 1.99. The van der Waals surface area contributed by atoms with Crippen molar-refractivity contribution in [3.63, 3.8) is 0 Å². The summed E-state index contributed by atoms with van der Waals surface area (Å²) in [4.78, 5) is 16.3. The van der Waals surface area contributed by atoms with Crippen LogP contribution in [-0.2, 0) is 0 Å². The molecule has 0 bridgehead atoms. The minimum absolute atomic E-state index is 0.0479. The topological polar surface area (TPSA) is 42.0 Å². The Hall–Kier alpha value is -2.16. The second kappa shape index (κ2) is 7.43. The lowest BCUT2D eigenvalue weighted by Crippen LogP contribution is -2.24. The van der Waals surface area contributed by atoms with Gasteiger partial charge in [0.2, 0.25) is 0 Å². The Morgan fingerprint density at radius 1 is 1.10 bits per heavy atom. The van der Waals surface area contributed by atoms with Gasteiger partial charge in [0.25, 0.3) is 5.91 Å². The number of aromatic nitrogens is 1. The molecule has 104 valence electrons. The van der Waals surface area contributed by atoms with Crippen molar-refractivity contribution in [2.45, 2.75) is 26.2 Å². The highest BCUT2D eigenvalue weighted by Crippen LogP contribution is 2.16. The average Bonchev–Trinajstić information content (AvgIpc) is 2.52. The molecule has 0 aliphatic rings. The van der Waals surface area contributed by atoms with Crippen LogP contribution in [0.15, 0.2) is 48.7 Å². The molecule has 0 spiro atoms. The van der Waals surface area contributed by atoms with Gasteiger partial charge in [-0.15, -0.1) is 0 Å². The average molecular weight is 268 g/mol. The Kier molecular flexibility index (Phi) is 5.30. The normalized spacial score (nSPS) is 10.2. The first kappa shape index (κ1) is 14.3. The zero-order valence-corrected chi connectivity index (χ0v) is 11.8. The lowest BCUT2D eigenvalue weighted by Gasteiger charge is -2.05. The van der Waals surface area contributed by atoms with Gasteiger partial charge in [0.05, 0.1) is 11.3 Å². The van der Waals surface area contributed by atoms with E-state index in [2.05, 4.69) is 17.2 Å². The van der Waals surface area contributed by atoms with Crippen molar-refractivity contribution in [1.82, 2.24) is 10.3 Å². The molecule has 2 rings (SSSR count). The number of pyridine rings is 1. The van der Waals surface area contributed by atoms with Gasteiger partial charge in [0, 0.05) is 18.3 Å². The number of carbonyl (C=O) groups is 1. The number of carbonyl (C=O) groups excluding carboxylic acids is 1. The van der Waals surface area contributed by atoms with Crippen LogP contribution < -0.4 is 5.32 Å². The third-order valence-electron chi connectivity index (χ3n) is 3.16. The van der Waals surface area contributed by atoms with Gasteiger partial charge in [-0.2, -0.15) is 0 Å². The molecule has 3 heteroatoms. The zero-order valence-electron chi connectivity index (χ0n) is 11.8. The van der Waals surface area contributed by atoms with Crippen molar-refractivity contribution in [3.05, 3.63) is 54.2 Å². The summed E-state index contributed by atoms with van der Waals surface area (Å²) >= 11 is 0. The van der Waals surface area contributed by atoms with E-state index in [0.717, 1.165) is 37.1 Å². The highest BCUT2D eigenvalue weighted by molar-refractivity contribution is 5.94. The van der Waals surface area contributed by atoms with Crippen molar-refractivity contribution in [3.8, 4) is 11.3 Å². The largest absolute Gasteiger partial charge is 0.352 e. The van der Waals surface area contributed by atoms with Crippen molar-refractivity contribution in [2.75, 3.05) is 6.54 Å². The van der Waals surface area contributed by atoms with E-state index in [4.69, 9.17) is 0 Å². The van der Waals surface area contributed by atoms with Crippen LogP contribution in [0.2, 0.25) is 0 Å². The number of amides is 1. The first-order valence-electron chi connectivity index (χ1n) is 7.11. The van der Waals surface area contributed by atoms with Crippen LogP contribution in [0.4, 0.5) is 0 Å². The maximum atomic E-state index is 11.9. The monoisotopic (exact) mass is 268 g/mol. The number of rotatable bonds is 6. The summed E-state index contributed by atoms with van der Waals surface area (Å²) in [5.74, 6) is -0.0479. The van der Waals surface area contributed by atoms with Crippen molar-refractivity contribution in [1.29, 1.82) is 0 Å². The van der Waals surface area contributed by atoms with E-state index in [-0.39, 0.29) is 5.91 Å². The van der Waals surface area contributed by atoms with Gasteiger partial charge in [-0.1, -0.05) is 50.1 Å². The fraction of sp³-hybridized carbons (Fsp3) is 0.294. The molecule has 1 aromatic heterocycles. The van der Waals surface area contributed by atoms with E-state index in [1.165, 1.54) is 0 Å². The minimum Gasteiger partial charge on any atom is -0.352 e. The van der Waals surface area contributed by atoms with Crippen LogP contribution in [0.3, 0.4) is 0 Å². The number of hydrogen-bond acceptors (Lipinski definition) is 2. The maximum absolute atomic E-state index is 11.9. The van der Waals surface area contributed by atoms with Crippen molar-refractivity contribution >= 4 is 5.91 Å². The summed E-state index contributed by atoms with van der Waals surface area (Å²) in [7, 11) is 0. The second-order valence-electron chi connectivity index (χ2n) is 4.76. The highest BCUT2D eigenvalue weighted by atomic mass is 16.1. The number of benzene rings is 1. The molecule has 0 aliphatic carbocycles. The van der Waals surface area contributed by atoms with Gasteiger partial charge in [-0.3, -0.25) is 9.78 Å². The summed E-state index contributed by atoms with van der Waals surface area (Å²) in [5.41, 5.74) is 2.55. The van der Waals surface area contributed by atoms with Crippen LogP contribution in [-0.4, -0.2) is 17.4 Å². The summed E-state index contributed by atoms with van der Waals surface area (Å²) in [5, 5.41) is 2.91. The molecule has 3 nitrogen and oxygen atoms in total. The van der Waals surface area contributed by atoms with Crippen molar-refractivity contribution in [2.24, 2.45) is 0 Å². The molecule has 1 aromatic carbocycles. The smallest absolute Gasteiger partial charge is 0.252 e. The standard InChI is InChI=1S/C17H20N2O/c1-2-3-7-12-18-17(20)15-10-11-16(19-13-15)14-8-5-4-6-9-14/h4-6,8-11,13H,2-3,7,12H2,1H3,(H,18,20). The third-order valence-corrected chi connectivity index (χ3v) is 3.16. The van der Waals surface area contributed by atoms with Crippen LogP contribution in [0.5, 0.6) is 0 Å². The second-order valence-corrected chi connectivity index (χ2v) is 4.76. The SMILES string of the molecule is CCCCCNC(=O)c1ccc(-c2ccccc2)nc1. The van der Waals surface area contributed by atoms with Gasteiger partial charge in [-0.05, 0) is 18.6 Å². The molecule has 0 fully saturated rings.